The van der Waals surface area contributed by atoms with E-state index in [4.69, 9.17) is 5.73 Å². The van der Waals surface area contributed by atoms with Crippen molar-refractivity contribution in [3.8, 4) is 0 Å². The van der Waals surface area contributed by atoms with Crippen LogP contribution in [0.5, 0.6) is 0 Å². The van der Waals surface area contributed by atoms with Gasteiger partial charge in [0, 0.05) is 13.1 Å². The minimum Gasteiger partial charge on any atom is -0.359 e. The summed E-state index contributed by atoms with van der Waals surface area (Å²) in [7, 11) is 1.70. The van der Waals surface area contributed by atoms with E-state index in [2.05, 4.69) is 5.32 Å². The van der Waals surface area contributed by atoms with Gasteiger partial charge >= 0.3 is 0 Å². The Morgan fingerprint density at radius 2 is 2.08 bits per heavy atom. The smallest absolute Gasteiger partial charge is 0.224 e. The van der Waals surface area contributed by atoms with Crippen LogP contribution in [-0.4, -0.2) is 19.0 Å². The molecule has 2 rings (SSSR count). The first-order valence-corrected chi connectivity index (χ1v) is 4.71. The Kier molecular flexibility index (Phi) is 1.83. The van der Waals surface area contributed by atoms with Crippen molar-refractivity contribution in [1.82, 2.24) is 5.32 Å². The third kappa shape index (κ3) is 0.959. The standard InChI is InChI=1S/C9H16N2O/c1-11-9(12)7-5-2-3-6(4-5)8(7)10/h5-8H,2-4,10H2,1H3,(H,11,12)/t5-,6+,7-,8-/m1/s1. The first-order chi connectivity index (χ1) is 5.74. The third-order valence-electron chi connectivity index (χ3n) is 3.53. The highest BCUT2D eigenvalue weighted by Crippen LogP contribution is 2.47. The molecule has 2 bridgehead atoms. The second kappa shape index (κ2) is 2.73. The Balaban J connectivity index is 2.12. The van der Waals surface area contributed by atoms with Crippen molar-refractivity contribution in [2.24, 2.45) is 23.5 Å². The number of amides is 1. The van der Waals surface area contributed by atoms with Crippen molar-refractivity contribution in [1.29, 1.82) is 0 Å². The number of rotatable bonds is 1. The Labute approximate surface area is 72.7 Å². The van der Waals surface area contributed by atoms with E-state index in [0.29, 0.717) is 11.8 Å². The lowest BCUT2D eigenvalue weighted by molar-refractivity contribution is -0.126. The van der Waals surface area contributed by atoms with Crippen molar-refractivity contribution >= 4 is 5.91 Å². The van der Waals surface area contributed by atoms with Crippen LogP contribution < -0.4 is 11.1 Å². The van der Waals surface area contributed by atoms with Crippen LogP contribution in [-0.2, 0) is 4.79 Å². The van der Waals surface area contributed by atoms with E-state index in [-0.39, 0.29) is 17.9 Å². The molecule has 0 unspecified atom stereocenters. The van der Waals surface area contributed by atoms with Gasteiger partial charge in [-0.2, -0.15) is 0 Å². The first-order valence-electron chi connectivity index (χ1n) is 4.71. The summed E-state index contributed by atoms with van der Waals surface area (Å²) in [5.74, 6) is 1.45. The predicted octanol–water partition coefficient (Wildman–Crippen LogP) is 0.106. The fourth-order valence-corrected chi connectivity index (χ4v) is 2.89. The van der Waals surface area contributed by atoms with Crippen molar-refractivity contribution < 1.29 is 4.79 Å². The molecule has 0 aromatic rings. The second-order valence-electron chi connectivity index (χ2n) is 4.05. The van der Waals surface area contributed by atoms with Gasteiger partial charge in [-0.3, -0.25) is 4.79 Å². The highest BCUT2D eigenvalue weighted by atomic mass is 16.1. The van der Waals surface area contributed by atoms with E-state index in [1.165, 1.54) is 19.3 Å². The predicted molar refractivity (Wildman–Crippen MR) is 46.4 cm³/mol. The van der Waals surface area contributed by atoms with Crippen LogP contribution in [0.25, 0.3) is 0 Å². The molecule has 2 saturated carbocycles. The summed E-state index contributed by atoms with van der Waals surface area (Å²) in [5, 5.41) is 2.70. The Morgan fingerprint density at radius 3 is 2.58 bits per heavy atom. The molecule has 0 aliphatic heterocycles. The lowest BCUT2D eigenvalue weighted by atomic mass is 9.84. The summed E-state index contributed by atoms with van der Waals surface area (Å²) in [6.07, 6.45) is 3.62. The van der Waals surface area contributed by atoms with Gasteiger partial charge in [0.2, 0.25) is 5.91 Å². The molecule has 2 fully saturated rings. The average Bonchev–Trinajstić information content (AvgIpc) is 2.63. The molecule has 3 nitrogen and oxygen atoms in total. The monoisotopic (exact) mass is 168 g/mol. The van der Waals surface area contributed by atoms with Crippen LogP contribution in [0.4, 0.5) is 0 Å². The highest BCUT2D eigenvalue weighted by molar-refractivity contribution is 5.80. The van der Waals surface area contributed by atoms with Crippen molar-refractivity contribution in [2.45, 2.75) is 25.3 Å². The molecule has 0 spiro atoms. The van der Waals surface area contributed by atoms with E-state index in [0.717, 1.165) is 0 Å². The first kappa shape index (κ1) is 8.05. The summed E-state index contributed by atoms with van der Waals surface area (Å²) in [6, 6.07) is 0.128. The van der Waals surface area contributed by atoms with Crippen LogP contribution in [0.1, 0.15) is 19.3 Å². The van der Waals surface area contributed by atoms with E-state index < -0.39 is 0 Å². The Bertz CT molecular complexity index is 203. The average molecular weight is 168 g/mol. The van der Waals surface area contributed by atoms with E-state index in [1.54, 1.807) is 7.05 Å². The molecule has 3 heteroatoms. The molecule has 2 aliphatic carbocycles. The fraction of sp³-hybridized carbons (Fsp3) is 0.889. The van der Waals surface area contributed by atoms with Gasteiger partial charge in [-0.25, -0.2) is 0 Å². The molecule has 1 amide bonds. The van der Waals surface area contributed by atoms with Gasteiger partial charge in [0.15, 0.2) is 0 Å². The van der Waals surface area contributed by atoms with Crippen LogP contribution >= 0.6 is 0 Å². The minimum atomic E-state index is 0.105. The highest BCUT2D eigenvalue weighted by Gasteiger charge is 2.48. The van der Waals surface area contributed by atoms with Crippen molar-refractivity contribution in [2.75, 3.05) is 7.05 Å². The number of carbonyl (C=O) groups excluding carboxylic acids is 1. The third-order valence-corrected chi connectivity index (χ3v) is 3.53. The topological polar surface area (TPSA) is 55.1 Å². The number of nitrogens with two attached hydrogens (primary N) is 1. The lowest BCUT2D eigenvalue weighted by Gasteiger charge is -2.26. The molecule has 0 aromatic carbocycles. The van der Waals surface area contributed by atoms with Gasteiger partial charge in [0.1, 0.15) is 0 Å². The zero-order valence-corrected chi connectivity index (χ0v) is 7.42. The second-order valence-corrected chi connectivity index (χ2v) is 4.05. The number of carbonyl (C=O) groups is 1. The molecule has 2 aliphatic rings. The molecule has 3 N–H and O–H groups in total. The van der Waals surface area contributed by atoms with Gasteiger partial charge in [-0.05, 0) is 31.1 Å². The largest absolute Gasteiger partial charge is 0.359 e. The molecule has 68 valence electrons. The summed E-state index contributed by atoms with van der Waals surface area (Å²) in [6.45, 7) is 0. The quantitative estimate of drug-likeness (QED) is 0.583. The summed E-state index contributed by atoms with van der Waals surface area (Å²) >= 11 is 0. The fourth-order valence-electron chi connectivity index (χ4n) is 2.89. The summed E-state index contributed by atoms with van der Waals surface area (Å²) in [4.78, 5) is 11.4. The molecule has 0 saturated heterocycles. The van der Waals surface area contributed by atoms with E-state index in [9.17, 15) is 4.79 Å². The summed E-state index contributed by atoms with van der Waals surface area (Å²) in [5.41, 5.74) is 5.98. The van der Waals surface area contributed by atoms with Crippen LogP contribution in [0.3, 0.4) is 0 Å². The van der Waals surface area contributed by atoms with Gasteiger partial charge in [0.05, 0.1) is 5.92 Å². The van der Waals surface area contributed by atoms with Gasteiger partial charge in [-0.1, -0.05) is 0 Å². The van der Waals surface area contributed by atoms with Gasteiger partial charge in [0.25, 0.3) is 0 Å². The Morgan fingerprint density at radius 1 is 1.42 bits per heavy atom. The zero-order valence-electron chi connectivity index (χ0n) is 7.42. The molecule has 0 aromatic heterocycles. The van der Waals surface area contributed by atoms with Crippen molar-refractivity contribution in [3.05, 3.63) is 0 Å². The molecule has 0 radical (unpaired) electrons. The molecule has 12 heavy (non-hydrogen) atoms. The van der Waals surface area contributed by atoms with E-state index in [1.807, 2.05) is 0 Å². The minimum absolute atomic E-state index is 0.105. The lowest BCUT2D eigenvalue weighted by Crippen LogP contribution is -2.44. The van der Waals surface area contributed by atoms with Crippen molar-refractivity contribution in [3.63, 3.8) is 0 Å². The van der Waals surface area contributed by atoms with Crippen LogP contribution in [0, 0.1) is 17.8 Å². The number of fused-ring (bicyclic) bond motifs is 2. The molecular formula is C9H16N2O. The maximum atomic E-state index is 11.4. The SMILES string of the molecule is CNC(=O)[C@@H]1[C@@H]2CC[C@@H](C2)[C@H]1N. The number of hydrogen-bond donors (Lipinski definition) is 2. The zero-order chi connectivity index (χ0) is 8.72. The van der Waals surface area contributed by atoms with Gasteiger partial charge < -0.3 is 11.1 Å². The Hall–Kier alpha value is -0.570. The normalized spacial score (nSPS) is 44.8. The maximum Gasteiger partial charge on any atom is 0.224 e. The molecule has 4 atom stereocenters. The summed E-state index contributed by atoms with van der Waals surface area (Å²) < 4.78 is 0. The number of hydrogen-bond acceptors (Lipinski definition) is 2. The van der Waals surface area contributed by atoms with E-state index >= 15 is 0 Å². The van der Waals surface area contributed by atoms with Gasteiger partial charge in [-0.15, -0.1) is 0 Å². The van der Waals surface area contributed by atoms with Crippen LogP contribution in [0.15, 0.2) is 0 Å². The maximum absolute atomic E-state index is 11.4. The molecule has 0 heterocycles. The molecular weight excluding hydrogens is 152 g/mol. The van der Waals surface area contributed by atoms with Crippen LogP contribution in [0.2, 0.25) is 0 Å². The number of nitrogens with one attached hydrogen (secondary N) is 1.